The Labute approximate surface area is 180 Å². The monoisotopic (exact) mass is 435 g/mol. The fourth-order valence-corrected chi connectivity index (χ4v) is 4.02. The molecule has 0 bridgehead atoms. The number of nitrogens with one attached hydrogen (secondary N) is 1. The normalized spacial score (nSPS) is 19.4. The third-order valence-electron chi connectivity index (χ3n) is 5.10. The number of ether oxygens (including phenoxy) is 1. The molecule has 1 amide bonds. The van der Waals surface area contributed by atoms with Crippen molar-refractivity contribution in [2.24, 2.45) is 0 Å². The Balaban J connectivity index is 1.93. The average molecular weight is 435 g/mol. The second kappa shape index (κ2) is 9.26. The average Bonchev–Trinajstić information content (AvgIpc) is 2.63. The first-order valence-electron chi connectivity index (χ1n) is 10.3. The van der Waals surface area contributed by atoms with E-state index < -0.39 is 18.5 Å². The Bertz CT molecular complexity index is 916. The molecule has 2 heterocycles. The zero-order valence-corrected chi connectivity index (χ0v) is 18.2. The highest BCUT2D eigenvalue weighted by atomic mass is 19.4. The van der Waals surface area contributed by atoms with Crippen molar-refractivity contribution in [3.8, 4) is 11.1 Å². The Kier molecular flexibility index (Phi) is 6.89. The van der Waals surface area contributed by atoms with Gasteiger partial charge >= 0.3 is 6.18 Å². The van der Waals surface area contributed by atoms with Crippen LogP contribution in [0.4, 0.5) is 18.9 Å². The summed E-state index contributed by atoms with van der Waals surface area (Å²) in [7, 11) is 0. The molecule has 8 heteroatoms. The van der Waals surface area contributed by atoms with E-state index in [1.807, 2.05) is 58.0 Å². The number of nitrogens with zero attached hydrogens (tertiary/aromatic N) is 2. The number of amides is 1. The number of benzene rings is 1. The second-order valence-electron chi connectivity index (χ2n) is 8.21. The number of rotatable bonds is 5. The van der Waals surface area contributed by atoms with E-state index in [-0.39, 0.29) is 18.8 Å². The third kappa shape index (κ3) is 6.43. The molecular formula is C23H28F3N3O2. The van der Waals surface area contributed by atoms with Crippen LogP contribution in [-0.4, -0.2) is 42.4 Å². The molecule has 0 radical (unpaired) electrons. The van der Waals surface area contributed by atoms with Crippen LogP contribution in [0.25, 0.3) is 11.1 Å². The van der Waals surface area contributed by atoms with Crippen LogP contribution >= 0.6 is 0 Å². The number of carbonyl (C=O) groups excluding carboxylic acids is 1. The van der Waals surface area contributed by atoms with E-state index in [4.69, 9.17) is 4.74 Å². The maximum absolute atomic E-state index is 12.6. The van der Waals surface area contributed by atoms with Gasteiger partial charge in [-0.3, -0.25) is 9.78 Å². The zero-order chi connectivity index (χ0) is 22.8. The van der Waals surface area contributed by atoms with Gasteiger partial charge in [0.15, 0.2) is 0 Å². The molecule has 2 aromatic rings. The minimum Gasteiger partial charge on any atom is -0.372 e. The summed E-state index contributed by atoms with van der Waals surface area (Å²) in [5.74, 6) is -1.04. The number of hydrogen-bond acceptors (Lipinski definition) is 4. The number of carbonyl (C=O) groups is 1. The standard InChI is InChI=1S/C23H28F3N3O2/c1-14-7-18(8-15(2)28-14)21-6-5-20(29-12-16(3)31-17(4)13-29)9-19(21)11-27-22(30)10-23(24,25)26/h5-9,16-17H,10-13H2,1-4H3,(H,27,30). The smallest absolute Gasteiger partial charge is 0.372 e. The van der Waals surface area contributed by atoms with Gasteiger partial charge in [0.05, 0.1) is 12.2 Å². The molecule has 5 nitrogen and oxygen atoms in total. The Morgan fingerprint density at radius 3 is 2.32 bits per heavy atom. The minimum absolute atomic E-state index is 0.00789. The first kappa shape index (κ1) is 23.1. The summed E-state index contributed by atoms with van der Waals surface area (Å²) in [6.07, 6.45) is -5.88. The summed E-state index contributed by atoms with van der Waals surface area (Å²) in [5.41, 5.74) is 5.18. The molecule has 0 spiro atoms. The molecule has 31 heavy (non-hydrogen) atoms. The SMILES string of the molecule is Cc1cc(-c2ccc(N3CC(C)OC(C)C3)cc2CNC(=O)CC(F)(F)F)cc(C)n1. The highest BCUT2D eigenvalue weighted by Gasteiger charge is 2.31. The minimum atomic E-state index is -4.53. The van der Waals surface area contributed by atoms with Crippen molar-refractivity contribution in [2.75, 3.05) is 18.0 Å². The van der Waals surface area contributed by atoms with Gasteiger partial charge in [0.2, 0.25) is 5.91 Å². The number of alkyl halides is 3. The lowest BCUT2D eigenvalue weighted by Crippen LogP contribution is -2.45. The van der Waals surface area contributed by atoms with Crippen molar-refractivity contribution in [2.45, 2.75) is 59.0 Å². The number of halogens is 3. The van der Waals surface area contributed by atoms with Gasteiger partial charge in [0.25, 0.3) is 0 Å². The van der Waals surface area contributed by atoms with Crippen molar-refractivity contribution in [1.82, 2.24) is 10.3 Å². The molecule has 1 aromatic heterocycles. The van der Waals surface area contributed by atoms with Crippen LogP contribution in [-0.2, 0) is 16.1 Å². The molecule has 2 atom stereocenters. The maximum Gasteiger partial charge on any atom is 0.397 e. The number of hydrogen-bond donors (Lipinski definition) is 1. The fraction of sp³-hybridized carbons (Fsp3) is 0.478. The van der Waals surface area contributed by atoms with E-state index in [2.05, 4.69) is 15.2 Å². The fourth-order valence-electron chi connectivity index (χ4n) is 4.02. The molecule has 1 aliphatic heterocycles. The molecule has 1 N–H and O–H groups in total. The summed E-state index contributed by atoms with van der Waals surface area (Å²) in [6.45, 7) is 9.26. The lowest BCUT2D eigenvalue weighted by atomic mass is 9.97. The molecule has 2 unspecified atom stereocenters. The molecule has 168 valence electrons. The number of aromatic nitrogens is 1. The van der Waals surface area contributed by atoms with E-state index >= 15 is 0 Å². The first-order chi connectivity index (χ1) is 14.5. The van der Waals surface area contributed by atoms with E-state index in [9.17, 15) is 18.0 Å². The zero-order valence-electron chi connectivity index (χ0n) is 18.2. The second-order valence-corrected chi connectivity index (χ2v) is 8.21. The summed E-state index contributed by atoms with van der Waals surface area (Å²) >= 11 is 0. The lowest BCUT2D eigenvalue weighted by molar-refractivity contribution is -0.153. The molecule has 3 rings (SSSR count). The van der Waals surface area contributed by atoms with E-state index in [1.165, 1.54) is 0 Å². The van der Waals surface area contributed by atoms with Crippen LogP contribution < -0.4 is 10.2 Å². The molecule has 1 saturated heterocycles. The largest absolute Gasteiger partial charge is 0.397 e. The van der Waals surface area contributed by atoms with Crippen molar-refractivity contribution >= 4 is 11.6 Å². The number of anilines is 1. The predicted molar refractivity (Wildman–Crippen MR) is 114 cm³/mol. The van der Waals surface area contributed by atoms with Gasteiger partial charge in [-0.05, 0) is 68.7 Å². The lowest BCUT2D eigenvalue weighted by Gasteiger charge is -2.37. The summed E-state index contributed by atoms with van der Waals surface area (Å²) in [6, 6.07) is 9.77. The van der Waals surface area contributed by atoms with Gasteiger partial charge in [-0.25, -0.2) is 0 Å². The van der Waals surface area contributed by atoms with Crippen molar-refractivity contribution in [3.63, 3.8) is 0 Å². The van der Waals surface area contributed by atoms with Crippen LogP contribution in [0.3, 0.4) is 0 Å². The molecule has 1 fully saturated rings. The molecule has 0 saturated carbocycles. The van der Waals surface area contributed by atoms with E-state index in [0.29, 0.717) is 0 Å². The van der Waals surface area contributed by atoms with Gasteiger partial charge in [-0.15, -0.1) is 0 Å². The van der Waals surface area contributed by atoms with Crippen LogP contribution in [0.1, 0.15) is 37.2 Å². The van der Waals surface area contributed by atoms with Gasteiger partial charge < -0.3 is 15.0 Å². The Morgan fingerprint density at radius 2 is 1.74 bits per heavy atom. The van der Waals surface area contributed by atoms with Crippen LogP contribution in [0.2, 0.25) is 0 Å². The van der Waals surface area contributed by atoms with Crippen molar-refractivity contribution < 1.29 is 22.7 Å². The van der Waals surface area contributed by atoms with Crippen molar-refractivity contribution in [3.05, 3.63) is 47.3 Å². The van der Waals surface area contributed by atoms with Gasteiger partial charge in [0, 0.05) is 36.7 Å². The topological polar surface area (TPSA) is 54.5 Å². The third-order valence-corrected chi connectivity index (χ3v) is 5.10. The quantitative estimate of drug-likeness (QED) is 0.749. The summed E-state index contributed by atoms with van der Waals surface area (Å²) < 4.78 is 43.5. The molecular weight excluding hydrogens is 407 g/mol. The summed E-state index contributed by atoms with van der Waals surface area (Å²) in [4.78, 5) is 18.4. The first-order valence-corrected chi connectivity index (χ1v) is 10.3. The Hall–Kier alpha value is -2.61. The van der Waals surface area contributed by atoms with Gasteiger partial charge in [0.1, 0.15) is 6.42 Å². The van der Waals surface area contributed by atoms with Gasteiger partial charge in [-0.2, -0.15) is 13.2 Å². The van der Waals surface area contributed by atoms with E-state index in [1.54, 1.807) is 0 Å². The Morgan fingerprint density at radius 1 is 1.13 bits per heavy atom. The number of morpholine rings is 1. The number of aryl methyl sites for hydroxylation is 2. The van der Waals surface area contributed by atoms with Crippen LogP contribution in [0.15, 0.2) is 30.3 Å². The van der Waals surface area contributed by atoms with Crippen molar-refractivity contribution in [1.29, 1.82) is 0 Å². The molecule has 1 aliphatic rings. The molecule has 1 aromatic carbocycles. The number of pyridine rings is 1. The predicted octanol–water partition coefficient (Wildman–Crippen LogP) is 4.55. The summed E-state index contributed by atoms with van der Waals surface area (Å²) in [5, 5.41) is 2.42. The maximum atomic E-state index is 12.6. The highest BCUT2D eigenvalue weighted by molar-refractivity contribution is 5.77. The highest BCUT2D eigenvalue weighted by Crippen LogP contribution is 2.30. The van der Waals surface area contributed by atoms with E-state index in [0.717, 1.165) is 46.9 Å². The van der Waals surface area contributed by atoms with Gasteiger partial charge in [-0.1, -0.05) is 6.07 Å². The molecule has 0 aliphatic carbocycles. The van der Waals surface area contributed by atoms with Crippen LogP contribution in [0.5, 0.6) is 0 Å². The van der Waals surface area contributed by atoms with Crippen LogP contribution in [0, 0.1) is 13.8 Å².